The number of aliphatic hydroxyl groups excluding tert-OH is 1. The lowest BCUT2D eigenvalue weighted by molar-refractivity contribution is 0.284. The Morgan fingerprint density at radius 2 is 2.14 bits per heavy atom. The molecular formula is C10H18N2OS. The van der Waals surface area contributed by atoms with Crippen LogP contribution in [-0.4, -0.2) is 23.7 Å². The molecule has 1 N–H and O–H groups in total. The lowest BCUT2D eigenvalue weighted by atomic mass is 10.2. The Hall–Kier alpha value is -0.610. The van der Waals surface area contributed by atoms with Gasteiger partial charge in [-0.15, -0.1) is 0 Å². The molecule has 0 saturated carbocycles. The van der Waals surface area contributed by atoms with E-state index in [1.54, 1.807) is 11.3 Å². The van der Waals surface area contributed by atoms with Crippen molar-refractivity contribution in [2.75, 3.05) is 18.5 Å². The summed E-state index contributed by atoms with van der Waals surface area (Å²) in [6.07, 6.45) is 0. The first-order valence-corrected chi connectivity index (χ1v) is 5.64. The Labute approximate surface area is 89.4 Å². The molecule has 0 radical (unpaired) electrons. The number of hydrogen-bond donors (Lipinski definition) is 1. The fraction of sp³-hybridized carbons (Fsp3) is 0.700. The quantitative estimate of drug-likeness (QED) is 0.833. The van der Waals surface area contributed by atoms with Gasteiger partial charge in [-0.2, -0.15) is 0 Å². The minimum Gasteiger partial charge on any atom is -0.391 e. The zero-order chi connectivity index (χ0) is 10.7. The number of aliphatic hydroxyl groups is 1. The van der Waals surface area contributed by atoms with E-state index in [2.05, 4.69) is 23.7 Å². The van der Waals surface area contributed by atoms with Crippen LogP contribution in [0.5, 0.6) is 0 Å². The molecule has 0 unspecified atom stereocenters. The van der Waals surface area contributed by atoms with Crippen molar-refractivity contribution in [3.05, 3.63) is 10.6 Å². The Kier molecular flexibility index (Phi) is 3.89. The minimum absolute atomic E-state index is 0.0962. The minimum atomic E-state index is 0.0962. The highest BCUT2D eigenvalue weighted by atomic mass is 32.1. The van der Waals surface area contributed by atoms with Crippen LogP contribution in [0.1, 0.15) is 24.4 Å². The number of nitrogens with zero attached hydrogens (tertiary/aromatic N) is 2. The fourth-order valence-electron chi connectivity index (χ4n) is 1.35. The Morgan fingerprint density at radius 1 is 1.50 bits per heavy atom. The molecule has 0 aromatic carbocycles. The van der Waals surface area contributed by atoms with Gasteiger partial charge < -0.3 is 10.0 Å². The third kappa shape index (κ3) is 2.69. The van der Waals surface area contributed by atoms with Crippen LogP contribution in [0.25, 0.3) is 0 Å². The summed E-state index contributed by atoms with van der Waals surface area (Å²) in [4.78, 5) is 7.53. The molecular weight excluding hydrogens is 196 g/mol. The average molecular weight is 214 g/mol. The molecule has 4 heteroatoms. The number of aromatic nitrogens is 1. The normalized spacial score (nSPS) is 11.0. The van der Waals surface area contributed by atoms with Crippen LogP contribution in [0.4, 0.5) is 5.13 Å². The third-order valence-electron chi connectivity index (χ3n) is 1.99. The first-order chi connectivity index (χ1) is 6.54. The molecule has 0 fully saturated rings. The van der Waals surface area contributed by atoms with E-state index in [1.165, 1.54) is 0 Å². The maximum absolute atomic E-state index is 9.05. The van der Waals surface area contributed by atoms with E-state index < -0.39 is 0 Å². The highest BCUT2D eigenvalue weighted by Crippen LogP contribution is 2.25. The van der Waals surface area contributed by atoms with Gasteiger partial charge in [-0.1, -0.05) is 25.2 Å². The molecule has 14 heavy (non-hydrogen) atoms. The number of rotatable bonds is 4. The van der Waals surface area contributed by atoms with Crippen molar-refractivity contribution in [2.45, 2.75) is 27.4 Å². The number of aryl methyl sites for hydroxylation is 1. The number of anilines is 1. The van der Waals surface area contributed by atoms with Gasteiger partial charge in [0, 0.05) is 13.6 Å². The molecule has 0 bridgehead atoms. The standard InChI is InChI=1S/C10H18N2OS/c1-7(2)5-12(4)10-11-8(3)9(6-13)14-10/h7,13H,5-6H2,1-4H3. The first kappa shape index (κ1) is 11.5. The maximum Gasteiger partial charge on any atom is 0.185 e. The predicted molar refractivity (Wildman–Crippen MR) is 60.9 cm³/mol. The number of thiazole rings is 1. The van der Waals surface area contributed by atoms with Gasteiger partial charge in [0.2, 0.25) is 0 Å². The van der Waals surface area contributed by atoms with Crippen LogP contribution >= 0.6 is 11.3 Å². The summed E-state index contributed by atoms with van der Waals surface area (Å²) in [6, 6.07) is 0. The second kappa shape index (κ2) is 4.75. The van der Waals surface area contributed by atoms with Crippen LogP contribution in [0.3, 0.4) is 0 Å². The van der Waals surface area contributed by atoms with Gasteiger partial charge >= 0.3 is 0 Å². The summed E-state index contributed by atoms with van der Waals surface area (Å²) < 4.78 is 0. The SMILES string of the molecule is Cc1nc(N(C)CC(C)C)sc1CO. The topological polar surface area (TPSA) is 36.4 Å². The van der Waals surface area contributed by atoms with Gasteiger partial charge in [-0.25, -0.2) is 4.98 Å². The van der Waals surface area contributed by atoms with Gasteiger partial charge in [0.05, 0.1) is 17.2 Å². The van der Waals surface area contributed by atoms with Crippen molar-refractivity contribution < 1.29 is 5.11 Å². The predicted octanol–water partition coefficient (Wildman–Crippen LogP) is 2.04. The second-order valence-electron chi connectivity index (χ2n) is 3.94. The highest BCUT2D eigenvalue weighted by Gasteiger charge is 2.11. The lowest BCUT2D eigenvalue weighted by Crippen LogP contribution is -2.22. The number of hydrogen-bond acceptors (Lipinski definition) is 4. The Balaban J connectivity index is 2.75. The summed E-state index contributed by atoms with van der Waals surface area (Å²) >= 11 is 1.57. The highest BCUT2D eigenvalue weighted by molar-refractivity contribution is 7.15. The molecule has 0 aliphatic carbocycles. The fourth-order valence-corrected chi connectivity index (χ4v) is 2.24. The molecule has 0 aliphatic rings. The van der Waals surface area contributed by atoms with Crippen molar-refractivity contribution in [3.63, 3.8) is 0 Å². The van der Waals surface area contributed by atoms with Gasteiger partial charge in [0.1, 0.15) is 0 Å². The van der Waals surface area contributed by atoms with Crippen LogP contribution < -0.4 is 4.90 Å². The Morgan fingerprint density at radius 3 is 2.57 bits per heavy atom. The van der Waals surface area contributed by atoms with Gasteiger partial charge in [0.15, 0.2) is 5.13 Å². The monoisotopic (exact) mass is 214 g/mol. The van der Waals surface area contributed by atoms with E-state index in [4.69, 9.17) is 5.11 Å². The van der Waals surface area contributed by atoms with Crippen molar-refractivity contribution in [3.8, 4) is 0 Å². The summed E-state index contributed by atoms with van der Waals surface area (Å²) in [6.45, 7) is 7.40. The third-order valence-corrected chi connectivity index (χ3v) is 3.25. The largest absolute Gasteiger partial charge is 0.391 e. The van der Waals surface area contributed by atoms with E-state index in [-0.39, 0.29) is 6.61 Å². The molecule has 0 saturated heterocycles. The maximum atomic E-state index is 9.05. The van der Waals surface area contributed by atoms with Crippen molar-refractivity contribution in [1.82, 2.24) is 4.98 Å². The molecule has 0 amide bonds. The lowest BCUT2D eigenvalue weighted by Gasteiger charge is -2.17. The summed E-state index contributed by atoms with van der Waals surface area (Å²) in [5.41, 5.74) is 0.947. The molecule has 1 heterocycles. The molecule has 80 valence electrons. The van der Waals surface area contributed by atoms with Crippen molar-refractivity contribution in [2.24, 2.45) is 5.92 Å². The van der Waals surface area contributed by atoms with Crippen LogP contribution in [0, 0.1) is 12.8 Å². The first-order valence-electron chi connectivity index (χ1n) is 4.83. The Bertz CT molecular complexity index is 296. The molecule has 0 aliphatic heterocycles. The van der Waals surface area contributed by atoms with Crippen LogP contribution in [-0.2, 0) is 6.61 Å². The van der Waals surface area contributed by atoms with E-state index in [0.717, 1.165) is 22.2 Å². The smallest absolute Gasteiger partial charge is 0.185 e. The summed E-state index contributed by atoms with van der Waals surface area (Å²) in [5.74, 6) is 0.627. The van der Waals surface area contributed by atoms with E-state index in [1.807, 2.05) is 14.0 Å². The second-order valence-corrected chi connectivity index (χ2v) is 5.00. The van der Waals surface area contributed by atoms with Crippen molar-refractivity contribution >= 4 is 16.5 Å². The van der Waals surface area contributed by atoms with Crippen LogP contribution in [0.15, 0.2) is 0 Å². The average Bonchev–Trinajstić information content (AvgIpc) is 2.45. The van der Waals surface area contributed by atoms with Gasteiger partial charge in [-0.3, -0.25) is 0 Å². The summed E-state index contributed by atoms with van der Waals surface area (Å²) in [7, 11) is 2.04. The molecule has 1 rings (SSSR count). The summed E-state index contributed by atoms with van der Waals surface area (Å²) in [5, 5.41) is 10.0. The van der Waals surface area contributed by atoms with Gasteiger partial charge in [-0.05, 0) is 12.8 Å². The van der Waals surface area contributed by atoms with Crippen LogP contribution in [0.2, 0.25) is 0 Å². The van der Waals surface area contributed by atoms with Gasteiger partial charge in [0.25, 0.3) is 0 Å². The molecule has 0 atom stereocenters. The van der Waals surface area contributed by atoms with E-state index in [9.17, 15) is 0 Å². The zero-order valence-electron chi connectivity index (χ0n) is 9.24. The molecule has 1 aromatic heterocycles. The van der Waals surface area contributed by atoms with E-state index in [0.29, 0.717) is 5.92 Å². The zero-order valence-corrected chi connectivity index (χ0v) is 10.1. The molecule has 1 aromatic rings. The molecule has 0 spiro atoms. The molecule has 3 nitrogen and oxygen atoms in total. The van der Waals surface area contributed by atoms with Crippen molar-refractivity contribution in [1.29, 1.82) is 0 Å². The van der Waals surface area contributed by atoms with E-state index >= 15 is 0 Å².